The van der Waals surface area contributed by atoms with E-state index < -0.39 is 0 Å². The van der Waals surface area contributed by atoms with Crippen LogP contribution in [0.15, 0.2) is 12.1 Å². The van der Waals surface area contributed by atoms with Crippen molar-refractivity contribution in [3.05, 3.63) is 23.5 Å². The van der Waals surface area contributed by atoms with E-state index in [0.29, 0.717) is 11.3 Å². The summed E-state index contributed by atoms with van der Waals surface area (Å²) >= 11 is 0. The van der Waals surface area contributed by atoms with E-state index in [0.717, 1.165) is 25.1 Å². The van der Waals surface area contributed by atoms with Crippen molar-refractivity contribution in [3.63, 3.8) is 0 Å². The molecule has 0 heterocycles. The summed E-state index contributed by atoms with van der Waals surface area (Å²) in [7, 11) is 0. The number of nitrogen functional groups attached to an aromatic ring is 1. The van der Waals surface area contributed by atoms with Crippen LogP contribution in [-0.2, 0) is 0 Å². The van der Waals surface area contributed by atoms with Gasteiger partial charge >= 0.3 is 0 Å². The zero-order valence-corrected chi connectivity index (χ0v) is 11.4. The molecule has 3 nitrogen and oxygen atoms in total. The van der Waals surface area contributed by atoms with Gasteiger partial charge in [0.15, 0.2) is 0 Å². The molecule has 0 unspecified atom stereocenters. The maximum atomic E-state index is 13.3. The predicted molar refractivity (Wildman–Crippen MR) is 74.1 cm³/mol. The van der Waals surface area contributed by atoms with Gasteiger partial charge in [0, 0.05) is 13.2 Å². The van der Waals surface area contributed by atoms with Crippen molar-refractivity contribution in [1.29, 1.82) is 0 Å². The van der Waals surface area contributed by atoms with E-state index >= 15 is 0 Å². The summed E-state index contributed by atoms with van der Waals surface area (Å²) in [5.74, 6) is -0.280. The first kappa shape index (κ1) is 14.8. The summed E-state index contributed by atoms with van der Waals surface area (Å²) < 4.78 is 13.3. The van der Waals surface area contributed by atoms with E-state index in [9.17, 15) is 4.39 Å². The fraction of sp³-hybridized carbons (Fsp3) is 0.571. The predicted octanol–water partition coefficient (Wildman–Crippen LogP) is 2.93. The van der Waals surface area contributed by atoms with Crippen LogP contribution >= 0.6 is 0 Å². The van der Waals surface area contributed by atoms with Crippen LogP contribution < -0.4 is 11.1 Å². The minimum atomic E-state index is -0.280. The summed E-state index contributed by atoms with van der Waals surface area (Å²) in [5, 5.41) is 12.1. The summed E-state index contributed by atoms with van der Waals surface area (Å²) in [4.78, 5) is 0. The number of hydrogen-bond donors (Lipinski definition) is 3. The highest BCUT2D eigenvalue weighted by Gasteiger charge is 2.17. The smallest absolute Gasteiger partial charge is 0.128 e. The van der Waals surface area contributed by atoms with Crippen molar-refractivity contribution in [1.82, 2.24) is 0 Å². The molecule has 0 aliphatic carbocycles. The van der Waals surface area contributed by atoms with Gasteiger partial charge in [0.25, 0.3) is 0 Å². The van der Waals surface area contributed by atoms with Crippen LogP contribution in [0.25, 0.3) is 0 Å². The zero-order chi connectivity index (χ0) is 13.8. The van der Waals surface area contributed by atoms with Gasteiger partial charge < -0.3 is 16.2 Å². The number of rotatable bonds is 6. The molecule has 18 heavy (non-hydrogen) atoms. The molecule has 4 heteroatoms. The maximum absolute atomic E-state index is 13.3. The zero-order valence-electron chi connectivity index (χ0n) is 11.4. The third kappa shape index (κ3) is 4.18. The molecule has 0 saturated heterocycles. The molecule has 0 spiro atoms. The molecule has 0 saturated carbocycles. The SMILES string of the molecule is Cc1cc(NCC(C)(C)CCCO)c(N)cc1F. The fourth-order valence-electron chi connectivity index (χ4n) is 1.83. The molecule has 102 valence electrons. The highest BCUT2D eigenvalue weighted by Crippen LogP contribution is 2.26. The van der Waals surface area contributed by atoms with Crippen LogP contribution in [0.2, 0.25) is 0 Å². The molecule has 4 N–H and O–H groups in total. The Labute approximate surface area is 108 Å². The van der Waals surface area contributed by atoms with Crippen molar-refractivity contribution in [2.75, 3.05) is 24.2 Å². The lowest BCUT2D eigenvalue weighted by atomic mass is 9.88. The van der Waals surface area contributed by atoms with Crippen LogP contribution in [0.5, 0.6) is 0 Å². The first-order valence-electron chi connectivity index (χ1n) is 6.26. The van der Waals surface area contributed by atoms with E-state index in [1.165, 1.54) is 6.07 Å². The lowest BCUT2D eigenvalue weighted by Crippen LogP contribution is -2.23. The molecule has 1 rings (SSSR count). The lowest BCUT2D eigenvalue weighted by molar-refractivity contribution is 0.248. The number of aliphatic hydroxyl groups is 1. The Morgan fingerprint density at radius 2 is 2.06 bits per heavy atom. The number of benzene rings is 1. The average Bonchev–Trinajstić information content (AvgIpc) is 2.30. The van der Waals surface area contributed by atoms with E-state index in [2.05, 4.69) is 19.2 Å². The van der Waals surface area contributed by atoms with Gasteiger partial charge in [-0.05, 0) is 42.9 Å². The van der Waals surface area contributed by atoms with Crippen molar-refractivity contribution in [2.45, 2.75) is 33.6 Å². The quantitative estimate of drug-likeness (QED) is 0.684. The number of hydrogen-bond acceptors (Lipinski definition) is 3. The topological polar surface area (TPSA) is 58.3 Å². The third-order valence-electron chi connectivity index (χ3n) is 3.10. The van der Waals surface area contributed by atoms with Gasteiger partial charge in [-0.3, -0.25) is 0 Å². The summed E-state index contributed by atoms with van der Waals surface area (Å²) in [5.41, 5.74) is 7.62. The van der Waals surface area contributed by atoms with Gasteiger partial charge in [0.2, 0.25) is 0 Å². The maximum Gasteiger partial charge on any atom is 0.128 e. The van der Waals surface area contributed by atoms with Crippen LogP contribution in [0.4, 0.5) is 15.8 Å². The molecule has 0 amide bonds. The molecule has 1 aromatic carbocycles. The second-order valence-electron chi connectivity index (χ2n) is 5.53. The molecule has 0 atom stereocenters. The highest BCUT2D eigenvalue weighted by molar-refractivity contribution is 5.67. The largest absolute Gasteiger partial charge is 0.397 e. The van der Waals surface area contributed by atoms with Gasteiger partial charge in [-0.1, -0.05) is 13.8 Å². The van der Waals surface area contributed by atoms with Gasteiger partial charge in [-0.15, -0.1) is 0 Å². The monoisotopic (exact) mass is 254 g/mol. The average molecular weight is 254 g/mol. The van der Waals surface area contributed by atoms with Crippen molar-refractivity contribution in [2.24, 2.45) is 5.41 Å². The number of halogens is 1. The summed E-state index contributed by atoms with van der Waals surface area (Å²) in [6, 6.07) is 3.07. The number of anilines is 2. The van der Waals surface area contributed by atoms with E-state index in [1.54, 1.807) is 13.0 Å². The van der Waals surface area contributed by atoms with Gasteiger partial charge in [-0.2, -0.15) is 0 Å². The van der Waals surface area contributed by atoms with Crippen molar-refractivity contribution < 1.29 is 9.50 Å². The standard InChI is InChI=1S/C14H23FN2O/c1-10-7-13(12(16)8-11(10)15)17-9-14(2,3)5-4-6-18/h7-8,17-18H,4-6,9,16H2,1-3H3. The molecular weight excluding hydrogens is 231 g/mol. The molecule has 0 bridgehead atoms. The number of aliphatic hydroxyl groups excluding tert-OH is 1. The van der Waals surface area contributed by atoms with Crippen LogP contribution in [0.1, 0.15) is 32.3 Å². The number of aryl methyl sites for hydroxylation is 1. The molecule has 0 radical (unpaired) electrons. The lowest BCUT2D eigenvalue weighted by Gasteiger charge is -2.25. The Morgan fingerprint density at radius 3 is 2.67 bits per heavy atom. The van der Waals surface area contributed by atoms with E-state index in [4.69, 9.17) is 10.8 Å². The molecule has 0 fully saturated rings. The first-order chi connectivity index (χ1) is 8.35. The Bertz CT molecular complexity index is 405. The Hall–Kier alpha value is -1.29. The minimum absolute atomic E-state index is 0.0669. The molecule has 0 aliphatic heterocycles. The third-order valence-corrected chi connectivity index (χ3v) is 3.10. The second kappa shape index (κ2) is 6.05. The second-order valence-corrected chi connectivity index (χ2v) is 5.53. The Balaban J connectivity index is 2.66. The molecule has 0 aliphatic rings. The van der Waals surface area contributed by atoms with Crippen LogP contribution in [0, 0.1) is 18.2 Å². The van der Waals surface area contributed by atoms with E-state index in [-0.39, 0.29) is 17.8 Å². The van der Waals surface area contributed by atoms with Gasteiger partial charge in [0.05, 0.1) is 11.4 Å². The molecular formula is C14H23FN2O. The molecule has 1 aromatic rings. The molecule has 0 aromatic heterocycles. The minimum Gasteiger partial charge on any atom is -0.397 e. The Kier molecular flexibility index (Phi) is 4.96. The normalized spacial score (nSPS) is 11.6. The van der Waals surface area contributed by atoms with Gasteiger partial charge in [-0.25, -0.2) is 4.39 Å². The summed E-state index contributed by atoms with van der Waals surface area (Å²) in [6.07, 6.45) is 1.71. The fourth-order valence-corrected chi connectivity index (χ4v) is 1.83. The van der Waals surface area contributed by atoms with Crippen LogP contribution in [-0.4, -0.2) is 18.3 Å². The van der Waals surface area contributed by atoms with E-state index in [1.807, 2.05) is 0 Å². The van der Waals surface area contributed by atoms with Crippen LogP contribution in [0.3, 0.4) is 0 Å². The Morgan fingerprint density at radius 1 is 1.39 bits per heavy atom. The number of nitrogens with two attached hydrogens (primary N) is 1. The number of nitrogens with one attached hydrogen (secondary N) is 1. The van der Waals surface area contributed by atoms with Gasteiger partial charge in [0.1, 0.15) is 5.82 Å². The first-order valence-corrected chi connectivity index (χ1v) is 6.26. The highest BCUT2D eigenvalue weighted by atomic mass is 19.1. The van der Waals surface area contributed by atoms with Crippen molar-refractivity contribution >= 4 is 11.4 Å². The summed E-state index contributed by atoms with van der Waals surface area (Å²) in [6.45, 7) is 6.92. The van der Waals surface area contributed by atoms with Crippen molar-refractivity contribution in [3.8, 4) is 0 Å².